The Hall–Kier alpha value is -3.08. The fraction of sp³-hybridized carbons (Fsp3) is 0.273. The van der Waals surface area contributed by atoms with Gasteiger partial charge < -0.3 is 15.0 Å². The number of carbonyl (C=O) groups is 1. The fourth-order valence-electron chi connectivity index (χ4n) is 3.57. The number of pyridine rings is 1. The summed E-state index contributed by atoms with van der Waals surface area (Å²) in [5.74, 6) is 0.873. The normalized spacial score (nSPS) is 16.7. The quantitative estimate of drug-likeness (QED) is 0.752. The van der Waals surface area contributed by atoms with E-state index in [-0.39, 0.29) is 11.9 Å². The highest BCUT2D eigenvalue weighted by molar-refractivity contribution is 5.97. The average Bonchev–Trinajstić information content (AvgIpc) is 3.03. The summed E-state index contributed by atoms with van der Waals surface area (Å²) in [5, 5.41) is 4.38. The lowest BCUT2D eigenvalue weighted by Crippen LogP contribution is -2.33. The number of aromatic nitrogens is 1. The molecule has 1 amide bonds. The van der Waals surface area contributed by atoms with Gasteiger partial charge >= 0.3 is 0 Å². The molecule has 4 rings (SSSR count). The van der Waals surface area contributed by atoms with Crippen molar-refractivity contribution in [2.45, 2.75) is 25.9 Å². The van der Waals surface area contributed by atoms with Gasteiger partial charge in [0.2, 0.25) is 5.91 Å². The SMILES string of the molecule is COc1cccc2c(NC3CCN(Cc4ccc(C)cc4)C3=O)ccnc12. The molecule has 1 fully saturated rings. The zero-order valence-corrected chi connectivity index (χ0v) is 15.6. The van der Waals surface area contributed by atoms with Gasteiger partial charge in [-0.05, 0) is 31.0 Å². The van der Waals surface area contributed by atoms with Crippen molar-refractivity contribution >= 4 is 22.5 Å². The highest BCUT2D eigenvalue weighted by atomic mass is 16.5. The minimum atomic E-state index is -0.216. The summed E-state index contributed by atoms with van der Waals surface area (Å²) < 4.78 is 5.40. The molecule has 27 heavy (non-hydrogen) atoms. The number of nitrogens with one attached hydrogen (secondary N) is 1. The van der Waals surface area contributed by atoms with Crippen molar-refractivity contribution in [3.63, 3.8) is 0 Å². The van der Waals surface area contributed by atoms with Crippen LogP contribution >= 0.6 is 0 Å². The van der Waals surface area contributed by atoms with E-state index in [1.54, 1.807) is 13.3 Å². The lowest BCUT2D eigenvalue weighted by Gasteiger charge is -2.18. The Labute approximate surface area is 159 Å². The molecule has 1 aliphatic heterocycles. The second kappa shape index (κ2) is 7.27. The number of hydrogen-bond acceptors (Lipinski definition) is 4. The summed E-state index contributed by atoms with van der Waals surface area (Å²) in [6.07, 6.45) is 2.54. The smallest absolute Gasteiger partial charge is 0.245 e. The van der Waals surface area contributed by atoms with Gasteiger partial charge in [-0.15, -0.1) is 0 Å². The number of anilines is 1. The topological polar surface area (TPSA) is 54.5 Å². The second-order valence-electron chi connectivity index (χ2n) is 6.95. The predicted molar refractivity (Wildman–Crippen MR) is 107 cm³/mol. The van der Waals surface area contributed by atoms with Crippen molar-refractivity contribution < 1.29 is 9.53 Å². The van der Waals surface area contributed by atoms with E-state index in [4.69, 9.17) is 4.74 Å². The van der Waals surface area contributed by atoms with E-state index in [0.29, 0.717) is 6.54 Å². The molecule has 1 unspecified atom stereocenters. The van der Waals surface area contributed by atoms with Gasteiger partial charge in [0.1, 0.15) is 17.3 Å². The maximum absolute atomic E-state index is 12.9. The Balaban J connectivity index is 1.51. The molecule has 3 aromatic rings. The fourth-order valence-corrected chi connectivity index (χ4v) is 3.57. The zero-order chi connectivity index (χ0) is 18.8. The van der Waals surface area contributed by atoms with Crippen LogP contribution in [0, 0.1) is 6.92 Å². The number of para-hydroxylation sites is 1. The molecule has 5 nitrogen and oxygen atoms in total. The number of benzene rings is 2. The van der Waals surface area contributed by atoms with Crippen molar-refractivity contribution in [3.05, 3.63) is 65.9 Å². The van der Waals surface area contributed by atoms with Crippen LogP contribution in [0.2, 0.25) is 0 Å². The largest absolute Gasteiger partial charge is 0.494 e. The molecule has 1 aromatic heterocycles. The van der Waals surface area contributed by atoms with Crippen LogP contribution in [-0.2, 0) is 11.3 Å². The molecule has 1 aliphatic rings. The summed E-state index contributed by atoms with van der Waals surface area (Å²) in [6.45, 7) is 3.48. The Morgan fingerprint density at radius 1 is 1.19 bits per heavy atom. The van der Waals surface area contributed by atoms with Crippen LogP contribution < -0.4 is 10.1 Å². The highest BCUT2D eigenvalue weighted by Crippen LogP contribution is 2.30. The summed E-state index contributed by atoms with van der Waals surface area (Å²) in [6, 6.07) is 15.9. The molecule has 1 saturated heterocycles. The molecule has 1 N–H and O–H groups in total. The van der Waals surface area contributed by atoms with E-state index in [1.807, 2.05) is 29.2 Å². The molecule has 5 heteroatoms. The van der Waals surface area contributed by atoms with E-state index < -0.39 is 0 Å². The van der Waals surface area contributed by atoms with Gasteiger partial charge in [0.15, 0.2) is 0 Å². The van der Waals surface area contributed by atoms with Gasteiger partial charge in [-0.25, -0.2) is 0 Å². The third-order valence-electron chi connectivity index (χ3n) is 5.08. The van der Waals surface area contributed by atoms with Crippen LogP contribution in [0.4, 0.5) is 5.69 Å². The van der Waals surface area contributed by atoms with Crippen LogP contribution in [0.25, 0.3) is 10.9 Å². The van der Waals surface area contributed by atoms with E-state index >= 15 is 0 Å². The summed E-state index contributed by atoms with van der Waals surface area (Å²) >= 11 is 0. The number of ether oxygens (including phenoxy) is 1. The van der Waals surface area contributed by atoms with E-state index in [9.17, 15) is 4.79 Å². The first-order chi connectivity index (χ1) is 13.2. The molecule has 138 valence electrons. The van der Waals surface area contributed by atoms with E-state index in [2.05, 4.69) is 41.5 Å². The van der Waals surface area contributed by atoms with Gasteiger partial charge in [-0.3, -0.25) is 9.78 Å². The number of likely N-dealkylation sites (tertiary alicyclic amines) is 1. The third kappa shape index (κ3) is 3.45. The molecule has 1 atom stereocenters. The molecular weight excluding hydrogens is 338 g/mol. The van der Waals surface area contributed by atoms with Gasteiger partial charge in [0.05, 0.1) is 7.11 Å². The Morgan fingerprint density at radius 2 is 2.00 bits per heavy atom. The Bertz CT molecular complexity index is 969. The predicted octanol–water partition coefficient (Wildman–Crippen LogP) is 3.76. The monoisotopic (exact) mass is 361 g/mol. The third-order valence-corrected chi connectivity index (χ3v) is 5.08. The van der Waals surface area contributed by atoms with Crippen LogP contribution in [0.15, 0.2) is 54.7 Å². The molecule has 0 saturated carbocycles. The minimum absolute atomic E-state index is 0.142. The zero-order valence-electron chi connectivity index (χ0n) is 15.6. The summed E-state index contributed by atoms with van der Waals surface area (Å²) in [4.78, 5) is 19.2. The molecule has 0 radical (unpaired) electrons. The standard InChI is InChI=1S/C22H23N3O2/c1-15-6-8-16(9-7-15)14-25-13-11-19(22(25)26)24-18-10-12-23-21-17(18)4-3-5-20(21)27-2/h3-10,12,19H,11,13-14H2,1-2H3,(H,23,24). The number of hydrogen-bond donors (Lipinski definition) is 1. The first kappa shape index (κ1) is 17.3. The van der Waals surface area contributed by atoms with Gasteiger partial charge in [0, 0.05) is 30.4 Å². The van der Waals surface area contributed by atoms with E-state index in [1.165, 1.54) is 5.56 Å². The van der Waals surface area contributed by atoms with Gasteiger partial charge in [0.25, 0.3) is 0 Å². The number of carbonyl (C=O) groups excluding carboxylic acids is 1. The van der Waals surface area contributed by atoms with Crippen LogP contribution in [-0.4, -0.2) is 35.5 Å². The minimum Gasteiger partial charge on any atom is -0.494 e. The lowest BCUT2D eigenvalue weighted by molar-refractivity contribution is -0.128. The van der Waals surface area contributed by atoms with Gasteiger partial charge in [-0.2, -0.15) is 0 Å². The van der Waals surface area contributed by atoms with Crippen molar-refractivity contribution in [2.24, 2.45) is 0 Å². The molecule has 0 aliphatic carbocycles. The average molecular weight is 361 g/mol. The number of rotatable bonds is 5. The van der Waals surface area contributed by atoms with E-state index in [0.717, 1.165) is 40.9 Å². The van der Waals surface area contributed by atoms with Crippen LogP contribution in [0.1, 0.15) is 17.5 Å². The molecule has 2 aromatic carbocycles. The summed E-state index contributed by atoms with van der Waals surface area (Å²) in [5.41, 5.74) is 4.10. The van der Waals surface area contributed by atoms with Crippen molar-refractivity contribution in [1.82, 2.24) is 9.88 Å². The maximum atomic E-state index is 12.9. The molecule has 0 spiro atoms. The second-order valence-corrected chi connectivity index (χ2v) is 6.95. The van der Waals surface area contributed by atoms with Crippen LogP contribution in [0.5, 0.6) is 5.75 Å². The number of fused-ring (bicyclic) bond motifs is 1. The number of methoxy groups -OCH3 is 1. The number of nitrogens with zero attached hydrogens (tertiary/aromatic N) is 2. The van der Waals surface area contributed by atoms with Crippen molar-refractivity contribution in [3.8, 4) is 5.75 Å². The maximum Gasteiger partial charge on any atom is 0.245 e. The molecule has 2 heterocycles. The van der Waals surface area contributed by atoms with Crippen molar-refractivity contribution in [1.29, 1.82) is 0 Å². The highest BCUT2D eigenvalue weighted by Gasteiger charge is 2.31. The number of aryl methyl sites for hydroxylation is 1. The van der Waals surface area contributed by atoms with Crippen molar-refractivity contribution in [2.75, 3.05) is 19.0 Å². The van der Waals surface area contributed by atoms with Crippen LogP contribution in [0.3, 0.4) is 0 Å². The first-order valence-electron chi connectivity index (χ1n) is 9.18. The molecule has 0 bridgehead atoms. The Kier molecular flexibility index (Phi) is 4.67. The lowest BCUT2D eigenvalue weighted by atomic mass is 10.1. The first-order valence-corrected chi connectivity index (χ1v) is 9.18. The van der Waals surface area contributed by atoms with Gasteiger partial charge in [-0.1, -0.05) is 42.0 Å². The summed E-state index contributed by atoms with van der Waals surface area (Å²) in [7, 11) is 1.64. The number of amides is 1. The Morgan fingerprint density at radius 3 is 2.78 bits per heavy atom. The molecular formula is C22H23N3O2.